The minimum absolute atomic E-state index is 0.0389. The van der Waals surface area contributed by atoms with Crippen molar-refractivity contribution in [3.63, 3.8) is 0 Å². The summed E-state index contributed by atoms with van der Waals surface area (Å²) in [6.07, 6.45) is 1.45. The van der Waals surface area contributed by atoms with E-state index in [-0.39, 0.29) is 13.0 Å². The van der Waals surface area contributed by atoms with E-state index >= 15 is 0 Å². The van der Waals surface area contributed by atoms with Crippen LogP contribution >= 0.6 is 0 Å². The Hall–Kier alpha value is -1.47. The SMILES string of the molecule is O=[N+]([O-])c1nccn1C(O)CCO. The number of nitro groups is 1. The van der Waals surface area contributed by atoms with Crippen molar-refractivity contribution in [3.05, 3.63) is 22.5 Å². The van der Waals surface area contributed by atoms with Crippen molar-refractivity contribution in [1.29, 1.82) is 0 Å². The van der Waals surface area contributed by atoms with Gasteiger partial charge in [0.05, 0.1) is 0 Å². The first-order valence-electron chi connectivity index (χ1n) is 3.63. The molecule has 0 fully saturated rings. The molecule has 0 aromatic carbocycles. The molecule has 0 saturated carbocycles. The highest BCUT2D eigenvalue weighted by Gasteiger charge is 2.19. The van der Waals surface area contributed by atoms with Crippen LogP contribution in [0.5, 0.6) is 0 Å². The Bertz CT molecular complexity index is 298. The Morgan fingerprint density at radius 1 is 1.77 bits per heavy atom. The maximum atomic E-state index is 10.3. The third-order valence-electron chi connectivity index (χ3n) is 1.52. The molecule has 0 saturated heterocycles. The van der Waals surface area contributed by atoms with Crippen LogP contribution in [0.4, 0.5) is 5.95 Å². The fourth-order valence-electron chi connectivity index (χ4n) is 0.934. The average Bonchev–Trinajstić information content (AvgIpc) is 2.52. The number of rotatable bonds is 4. The summed E-state index contributed by atoms with van der Waals surface area (Å²) in [5, 5.41) is 28.1. The number of nitrogens with zero attached hydrogens (tertiary/aromatic N) is 3. The van der Waals surface area contributed by atoms with E-state index in [0.717, 1.165) is 4.57 Å². The summed E-state index contributed by atoms with van der Waals surface area (Å²) in [6.45, 7) is -0.240. The van der Waals surface area contributed by atoms with Gasteiger partial charge >= 0.3 is 5.95 Å². The lowest BCUT2D eigenvalue weighted by molar-refractivity contribution is -0.398. The Morgan fingerprint density at radius 2 is 2.46 bits per heavy atom. The number of imidazole rings is 1. The third-order valence-corrected chi connectivity index (χ3v) is 1.52. The van der Waals surface area contributed by atoms with Gasteiger partial charge in [-0.1, -0.05) is 4.98 Å². The second kappa shape index (κ2) is 3.97. The molecular weight excluding hydrogens is 178 g/mol. The van der Waals surface area contributed by atoms with Gasteiger partial charge in [0.1, 0.15) is 12.4 Å². The molecule has 1 rings (SSSR count). The Balaban J connectivity index is 2.86. The summed E-state index contributed by atoms with van der Waals surface area (Å²) in [5.74, 6) is -0.430. The first-order valence-corrected chi connectivity index (χ1v) is 3.63. The second-order valence-electron chi connectivity index (χ2n) is 2.38. The van der Waals surface area contributed by atoms with Gasteiger partial charge in [-0.3, -0.25) is 0 Å². The van der Waals surface area contributed by atoms with Crippen molar-refractivity contribution in [3.8, 4) is 0 Å². The largest absolute Gasteiger partial charge is 0.436 e. The van der Waals surface area contributed by atoms with Crippen LogP contribution in [0.1, 0.15) is 12.6 Å². The van der Waals surface area contributed by atoms with Gasteiger partial charge in [-0.15, -0.1) is 0 Å². The van der Waals surface area contributed by atoms with Gasteiger partial charge in [-0.25, -0.2) is 4.57 Å². The van der Waals surface area contributed by atoms with Crippen molar-refractivity contribution in [2.24, 2.45) is 0 Å². The highest BCUT2D eigenvalue weighted by atomic mass is 16.6. The molecule has 72 valence electrons. The molecule has 13 heavy (non-hydrogen) atoms. The van der Waals surface area contributed by atoms with Crippen molar-refractivity contribution in [2.45, 2.75) is 12.6 Å². The van der Waals surface area contributed by atoms with Gasteiger partial charge in [-0.2, -0.15) is 0 Å². The molecule has 0 aliphatic carbocycles. The highest BCUT2D eigenvalue weighted by Crippen LogP contribution is 2.15. The molecule has 1 aromatic heterocycles. The summed E-state index contributed by atoms with van der Waals surface area (Å²) in [5.41, 5.74) is 0. The molecule has 0 amide bonds. The zero-order chi connectivity index (χ0) is 9.84. The summed E-state index contributed by atoms with van der Waals surface area (Å²) < 4.78 is 0.996. The second-order valence-corrected chi connectivity index (χ2v) is 2.38. The molecule has 1 unspecified atom stereocenters. The Labute approximate surface area is 73.4 Å². The van der Waals surface area contributed by atoms with E-state index in [1.54, 1.807) is 0 Å². The van der Waals surface area contributed by atoms with Crippen LogP contribution in [-0.2, 0) is 0 Å². The van der Waals surface area contributed by atoms with Crippen LogP contribution in [0, 0.1) is 10.1 Å². The molecule has 7 nitrogen and oxygen atoms in total. The van der Waals surface area contributed by atoms with Gasteiger partial charge in [0, 0.05) is 13.0 Å². The van der Waals surface area contributed by atoms with Crippen molar-refractivity contribution >= 4 is 5.95 Å². The number of aliphatic hydroxyl groups excluding tert-OH is 2. The number of aromatic nitrogens is 2. The first kappa shape index (κ1) is 9.62. The minimum atomic E-state index is -1.10. The third kappa shape index (κ3) is 2.01. The zero-order valence-electron chi connectivity index (χ0n) is 6.70. The summed E-state index contributed by atoms with van der Waals surface area (Å²) in [4.78, 5) is 13.1. The molecule has 0 radical (unpaired) electrons. The van der Waals surface area contributed by atoms with Crippen LogP contribution in [0.25, 0.3) is 0 Å². The molecule has 1 aromatic rings. The number of hydrogen-bond acceptors (Lipinski definition) is 5. The standard InChI is InChI=1S/C6H9N3O4/c10-4-1-5(11)8-3-2-7-6(8)9(12)13/h2-3,5,10-11H,1,4H2. The van der Waals surface area contributed by atoms with E-state index in [0.29, 0.717) is 0 Å². The maximum Gasteiger partial charge on any atom is 0.436 e. The summed E-state index contributed by atoms with van der Waals surface area (Å²) in [6, 6.07) is 0. The van der Waals surface area contributed by atoms with E-state index in [1.165, 1.54) is 12.4 Å². The highest BCUT2D eigenvalue weighted by molar-refractivity contribution is 5.07. The molecule has 7 heteroatoms. The van der Waals surface area contributed by atoms with Gasteiger partial charge in [0.2, 0.25) is 0 Å². The monoisotopic (exact) mass is 187 g/mol. The Morgan fingerprint density at radius 3 is 3.00 bits per heavy atom. The smallest absolute Gasteiger partial charge is 0.396 e. The predicted molar refractivity (Wildman–Crippen MR) is 41.8 cm³/mol. The van der Waals surface area contributed by atoms with E-state index < -0.39 is 17.1 Å². The van der Waals surface area contributed by atoms with E-state index in [1.807, 2.05) is 0 Å². The molecule has 2 N–H and O–H groups in total. The molecular formula is C6H9N3O4. The van der Waals surface area contributed by atoms with Crippen molar-refractivity contribution in [1.82, 2.24) is 9.55 Å². The van der Waals surface area contributed by atoms with Gasteiger partial charge in [0.25, 0.3) is 0 Å². The minimum Gasteiger partial charge on any atom is -0.396 e. The summed E-state index contributed by atoms with van der Waals surface area (Å²) in [7, 11) is 0. The lowest BCUT2D eigenvalue weighted by Gasteiger charge is -2.07. The zero-order valence-corrected chi connectivity index (χ0v) is 6.70. The van der Waals surface area contributed by atoms with Crippen LogP contribution in [-0.4, -0.2) is 31.3 Å². The van der Waals surface area contributed by atoms with Crippen LogP contribution < -0.4 is 0 Å². The van der Waals surface area contributed by atoms with Gasteiger partial charge < -0.3 is 20.3 Å². The van der Waals surface area contributed by atoms with Crippen molar-refractivity contribution in [2.75, 3.05) is 6.61 Å². The fraction of sp³-hybridized carbons (Fsp3) is 0.500. The van der Waals surface area contributed by atoms with E-state index in [4.69, 9.17) is 5.11 Å². The number of hydrogen-bond donors (Lipinski definition) is 2. The fourth-order valence-corrected chi connectivity index (χ4v) is 0.934. The molecule has 0 aliphatic rings. The molecule has 1 atom stereocenters. The van der Waals surface area contributed by atoms with E-state index in [2.05, 4.69) is 4.98 Å². The predicted octanol–water partition coefficient (Wildman–Crippen LogP) is -0.335. The van der Waals surface area contributed by atoms with Crippen LogP contribution in [0.2, 0.25) is 0 Å². The van der Waals surface area contributed by atoms with Crippen molar-refractivity contribution < 1.29 is 15.1 Å². The molecule has 0 spiro atoms. The number of aliphatic hydroxyl groups is 2. The first-order chi connectivity index (χ1) is 6.16. The topological polar surface area (TPSA) is 101 Å². The lowest BCUT2D eigenvalue weighted by Crippen LogP contribution is -2.11. The quantitative estimate of drug-likeness (QED) is 0.496. The Kier molecular flexibility index (Phi) is 2.93. The molecule has 0 bridgehead atoms. The van der Waals surface area contributed by atoms with E-state index in [9.17, 15) is 15.2 Å². The van der Waals surface area contributed by atoms with Gasteiger partial charge in [0.15, 0.2) is 6.23 Å². The van der Waals surface area contributed by atoms with Crippen LogP contribution in [0.15, 0.2) is 12.4 Å². The molecule has 1 heterocycles. The normalized spacial score (nSPS) is 12.8. The summed E-state index contributed by atoms with van der Waals surface area (Å²) >= 11 is 0. The maximum absolute atomic E-state index is 10.3. The van der Waals surface area contributed by atoms with Gasteiger partial charge in [-0.05, 0) is 4.92 Å². The lowest BCUT2D eigenvalue weighted by atomic mass is 10.4. The molecule has 0 aliphatic heterocycles. The average molecular weight is 187 g/mol. The van der Waals surface area contributed by atoms with Crippen LogP contribution in [0.3, 0.4) is 0 Å².